The largest absolute Gasteiger partial charge is 0.369 e. The number of piperidine rings is 1. The lowest BCUT2D eigenvalue weighted by Crippen LogP contribution is -2.37. The SMILES string of the molecule is CC1CCCCN1c1ccc(CCN)c(Cl)c1. The van der Waals surface area contributed by atoms with Gasteiger partial charge in [-0.3, -0.25) is 0 Å². The molecule has 0 spiro atoms. The van der Waals surface area contributed by atoms with Crippen molar-refractivity contribution < 1.29 is 0 Å². The number of hydrogen-bond donors (Lipinski definition) is 1. The quantitative estimate of drug-likeness (QED) is 0.895. The molecule has 2 rings (SSSR count). The van der Waals surface area contributed by atoms with Gasteiger partial charge in [-0.25, -0.2) is 0 Å². The topological polar surface area (TPSA) is 29.3 Å². The summed E-state index contributed by atoms with van der Waals surface area (Å²) in [4.78, 5) is 2.46. The van der Waals surface area contributed by atoms with E-state index in [1.165, 1.54) is 24.9 Å². The van der Waals surface area contributed by atoms with Gasteiger partial charge in [0.05, 0.1) is 0 Å². The van der Waals surface area contributed by atoms with Gasteiger partial charge in [-0.05, 0) is 56.8 Å². The molecule has 0 amide bonds. The second-order valence-electron chi connectivity index (χ2n) is 4.85. The summed E-state index contributed by atoms with van der Waals surface area (Å²) in [5.41, 5.74) is 7.97. The van der Waals surface area contributed by atoms with Crippen LogP contribution >= 0.6 is 11.6 Å². The fraction of sp³-hybridized carbons (Fsp3) is 0.571. The third-order valence-corrected chi connectivity index (χ3v) is 3.94. The first-order valence-electron chi connectivity index (χ1n) is 6.47. The van der Waals surface area contributed by atoms with Crippen molar-refractivity contribution in [2.75, 3.05) is 18.0 Å². The van der Waals surface area contributed by atoms with Gasteiger partial charge in [-0.2, -0.15) is 0 Å². The van der Waals surface area contributed by atoms with E-state index in [4.69, 9.17) is 17.3 Å². The van der Waals surface area contributed by atoms with Crippen LogP contribution in [-0.4, -0.2) is 19.1 Å². The number of rotatable bonds is 3. The predicted octanol–water partition coefficient (Wildman–Crippen LogP) is 3.22. The molecule has 1 atom stereocenters. The fourth-order valence-electron chi connectivity index (χ4n) is 2.55. The smallest absolute Gasteiger partial charge is 0.0459 e. The van der Waals surface area contributed by atoms with Crippen LogP contribution in [0.1, 0.15) is 31.7 Å². The van der Waals surface area contributed by atoms with Crippen molar-refractivity contribution >= 4 is 17.3 Å². The molecular formula is C14H21ClN2. The van der Waals surface area contributed by atoms with Crippen molar-refractivity contribution in [1.82, 2.24) is 0 Å². The highest BCUT2D eigenvalue weighted by molar-refractivity contribution is 6.31. The number of nitrogens with two attached hydrogens (primary N) is 1. The van der Waals surface area contributed by atoms with E-state index < -0.39 is 0 Å². The lowest BCUT2D eigenvalue weighted by molar-refractivity contribution is 0.485. The molecule has 0 aliphatic carbocycles. The molecule has 1 heterocycles. The van der Waals surface area contributed by atoms with Gasteiger partial charge in [-0.15, -0.1) is 0 Å². The van der Waals surface area contributed by atoms with Gasteiger partial charge in [0.25, 0.3) is 0 Å². The Morgan fingerprint density at radius 1 is 1.41 bits per heavy atom. The van der Waals surface area contributed by atoms with Gasteiger partial charge in [0.15, 0.2) is 0 Å². The summed E-state index contributed by atoms with van der Waals surface area (Å²) in [6.45, 7) is 4.09. The normalized spacial score (nSPS) is 20.6. The molecule has 1 unspecified atom stereocenters. The number of hydrogen-bond acceptors (Lipinski definition) is 2. The third-order valence-electron chi connectivity index (χ3n) is 3.58. The van der Waals surface area contributed by atoms with Crippen molar-refractivity contribution in [3.8, 4) is 0 Å². The Labute approximate surface area is 109 Å². The van der Waals surface area contributed by atoms with Crippen LogP contribution in [0.15, 0.2) is 18.2 Å². The first kappa shape index (κ1) is 12.7. The minimum absolute atomic E-state index is 0.625. The first-order valence-corrected chi connectivity index (χ1v) is 6.85. The third kappa shape index (κ3) is 2.93. The van der Waals surface area contributed by atoms with E-state index >= 15 is 0 Å². The summed E-state index contributed by atoms with van der Waals surface area (Å²) < 4.78 is 0. The van der Waals surface area contributed by atoms with E-state index in [0.717, 1.165) is 23.6 Å². The Kier molecular flexibility index (Phi) is 4.30. The van der Waals surface area contributed by atoms with Gasteiger partial charge in [-0.1, -0.05) is 17.7 Å². The average Bonchev–Trinajstić information content (AvgIpc) is 2.33. The molecule has 1 saturated heterocycles. The van der Waals surface area contributed by atoms with E-state index in [1.807, 2.05) is 0 Å². The zero-order valence-electron chi connectivity index (χ0n) is 10.5. The van der Waals surface area contributed by atoms with Crippen LogP contribution in [0.4, 0.5) is 5.69 Å². The fourth-order valence-corrected chi connectivity index (χ4v) is 2.82. The van der Waals surface area contributed by atoms with Crippen LogP contribution in [0.5, 0.6) is 0 Å². The van der Waals surface area contributed by atoms with E-state index in [2.05, 4.69) is 30.0 Å². The van der Waals surface area contributed by atoms with E-state index in [0.29, 0.717) is 12.6 Å². The standard InChI is InChI=1S/C14H21ClN2/c1-11-4-2-3-9-17(11)13-6-5-12(7-8-16)14(15)10-13/h5-6,10-11H,2-4,7-9,16H2,1H3. The summed E-state index contributed by atoms with van der Waals surface area (Å²) in [5.74, 6) is 0. The van der Waals surface area contributed by atoms with E-state index in [1.54, 1.807) is 0 Å². The molecule has 1 aromatic rings. The van der Waals surface area contributed by atoms with Crippen LogP contribution in [-0.2, 0) is 6.42 Å². The van der Waals surface area contributed by atoms with Gasteiger partial charge >= 0.3 is 0 Å². The molecular weight excluding hydrogens is 232 g/mol. The second-order valence-corrected chi connectivity index (χ2v) is 5.26. The zero-order chi connectivity index (χ0) is 12.3. The summed E-state index contributed by atoms with van der Waals surface area (Å²) in [7, 11) is 0. The van der Waals surface area contributed by atoms with Crippen molar-refractivity contribution in [1.29, 1.82) is 0 Å². The molecule has 2 nitrogen and oxygen atoms in total. The Morgan fingerprint density at radius 2 is 2.24 bits per heavy atom. The molecule has 1 aliphatic heterocycles. The Hall–Kier alpha value is -0.730. The molecule has 0 aromatic heterocycles. The van der Waals surface area contributed by atoms with Crippen LogP contribution in [0.2, 0.25) is 5.02 Å². The predicted molar refractivity (Wildman–Crippen MR) is 74.9 cm³/mol. The second kappa shape index (κ2) is 5.74. The van der Waals surface area contributed by atoms with Crippen molar-refractivity contribution in [2.45, 2.75) is 38.6 Å². The van der Waals surface area contributed by atoms with Crippen LogP contribution in [0.3, 0.4) is 0 Å². The van der Waals surface area contributed by atoms with Gasteiger partial charge in [0.2, 0.25) is 0 Å². The number of nitrogens with zero attached hydrogens (tertiary/aromatic N) is 1. The Balaban J connectivity index is 2.18. The number of benzene rings is 1. The molecule has 1 fully saturated rings. The lowest BCUT2D eigenvalue weighted by Gasteiger charge is -2.35. The summed E-state index contributed by atoms with van der Waals surface area (Å²) in [6, 6.07) is 7.01. The minimum atomic E-state index is 0.625. The summed E-state index contributed by atoms with van der Waals surface area (Å²) >= 11 is 6.29. The van der Waals surface area contributed by atoms with Crippen LogP contribution in [0, 0.1) is 0 Å². The van der Waals surface area contributed by atoms with E-state index in [9.17, 15) is 0 Å². The van der Waals surface area contributed by atoms with Gasteiger partial charge in [0, 0.05) is 23.3 Å². The molecule has 3 heteroatoms. The first-order chi connectivity index (χ1) is 8.22. The zero-order valence-corrected chi connectivity index (χ0v) is 11.2. The molecule has 1 aromatic carbocycles. The maximum absolute atomic E-state index is 6.29. The highest BCUT2D eigenvalue weighted by Crippen LogP contribution is 2.28. The maximum atomic E-state index is 6.29. The molecule has 94 valence electrons. The molecule has 0 saturated carbocycles. The van der Waals surface area contributed by atoms with Gasteiger partial charge in [0.1, 0.15) is 0 Å². The molecule has 0 radical (unpaired) electrons. The summed E-state index contributed by atoms with van der Waals surface area (Å²) in [5, 5.41) is 0.853. The average molecular weight is 253 g/mol. The number of halogens is 1. The van der Waals surface area contributed by atoms with E-state index in [-0.39, 0.29) is 0 Å². The summed E-state index contributed by atoms with van der Waals surface area (Å²) in [6.07, 6.45) is 4.76. The molecule has 1 aliphatic rings. The highest BCUT2D eigenvalue weighted by atomic mass is 35.5. The molecule has 2 N–H and O–H groups in total. The van der Waals surface area contributed by atoms with Crippen LogP contribution < -0.4 is 10.6 Å². The lowest BCUT2D eigenvalue weighted by atomic mass is 10.0. The maximum Gasteiger partial charge on any atom is 0.0459 e. The highest BCUT2D eigenvalue weighted by Gasteiger charge is 2.18. The molecule has 17 heavy (non-hydrogen) atoms. The Morgan fingerprint density at radius 3 is 2.88 bits per heavy atom. The number of anilines is 1. The Bertz CT molecular complexity index is 378. The van der Waals surface area contributed by atoms with Crippen LogP contribution in [0.25, 0.3) is 0 Å². The van der Waals surface area contributed by atoms with Crippen molar-refractivity contribution in [3.63, 3.8) is 0 Å². The van der Waals surface area contributed by atoms with Crippen molar-refractivity contribution in [2.24, 2.45) is 5.73 Å². The molecule has 0 bridgehead atoms. The van der Waals surface area contributed by atoms with Gasteiger partial charge < -0.3 is 10.6 Å². The monoisotopic (exact) mass is 252 g/mol. The minimum Gasteiger partial charge on any atom is -0.369 e. The van der Waals surface area contributed by atoms with Crippen molar-refractivity contribution in [3.05, 3.63) is 28.8 Å².